The third-order valence-corrected chi connectivity index (χ3v) is 3.07. The number of phenols is 1. The fourth-order valence-corrected chi connectivity index (χ4v) is 2.24. The maximum absolute atomic E-state index is 9.98. The highest BCUT2D eigenvalue weighted by Gasteiger charge is 2.25. The molecule has 0 spiro atoms. The summed E-state index contributed by atoms with van der Waals surface area (Å²) >= 11 is 0. The van der Waals surface area contributed by atoms with Gasteiger partial charge in [0.25, 0.3) is 0 Å². The van der Waals surface area contributed by atoms with Gasteiger partial charge in [-0.2, -0.15) is 0 Å². The molecule has 1 aliphatic carbocycles. The largest absolute Gasteiger partial charge is 0.507 e. The molecule has 0 heterocycles. The molecular weight excluding hydrogens is 176 g/mol. The maximum Gasteiger partial charge on any atom is 0.123 e. The van der Waals surface area contributed by atoms with Gasteiger partial charge in [-0.3, -0.25) is 0 Å². The van der Waals surface area contributed by atoms with E-state index < -0.39 is 0 Å². The molecule has 3 nitrogen and oxygen atoms in total. The van der Waals surface area contributed by atoms with Gasteiger partial charge < -0.3 is 16.6 Å². The summed E-state index contributed by atoms with van der Waals surface area (Å²) in [6.45, 7) is 0.991. The van der Waals surface area contributed by atoms with Gasteiger partial charge in [0.2, 0.25) is 0 Å². The van der Waals surface area contributed by atoms with Gasteiger partial charge in [-0.25, -0.2) is 0 Å². The normalized spacial score (nSPS) is 19.7. The highest BCUT2D eigenvalue weighted by Crippen LogP contribution is 2.40. The van der Waals surface area contributed by atoms with Crippen LogP contribution >= 0.6 is 0 Å². The standard InChI is InChI=1S/C11H16N2O/c12-5-8-3-1-7-2-4-9(6-13)11(14)10(7)8/h2,4,8,14H,1,3,5-6,12-13H2. The van der Waals surface area contributed by atoms with Crippen LogP contribution in [0.2, 0.25) is 0 Å². The summed E-state index contributed by atoms with van der Waals surface area (Å²) in [5, 5.41) is 9.98. The van der Waals surface area contributed by atoms with Gasteiger partial charge in [0, 0.05) is 23.6 Å². The molecule has 2 rings (SSSR count). The van der Waals surface area contributed by atoms with E-state index in [4.69, 9.17) is 11.5 Å². The second kappa shape index (κ2) is 3.59. The van der Waals surface area contributed by atoms with Crippen LogP contribution in [-0.2, 0) is 13.0 Å². The van der Waals surface area contributed by atoms with E-state index >= 15 is 0 Å². The summed E-state index contributed by atoms with van der Waals surface area (Å²) in [6.07, 6.45) is 2.07. The fraction of sp³-hybridized carbons (Fsp3) is 0.455. The molecule has 76 valence electrons. The van der Waals surface area contributed by atoms with Crippen molar-refractivity contribution in [1.82, 2.24) is 0 Å². The van der Waals surface area contributed by atoms with Crippen molar-refractivity contribution in [2.45, 2.75) is 25.3 Å². The average Bonchev–Trinajstić information content (AvgIpc) is 2.62. The Morgan fingerprint density at radius 3 is 2.79 bits per heavy atom. The number of aryl methyl sites for hydroxylation is 1. The molecule has 14 heavy (non-hydrogen) atoms. The predicted molar refractivity (Wildman–Crippen MR) is 56.1 cm³/mol. The van der Waals surface area contributed by atoms with Crippen LogP contribution in [0, 0.1) is 0 Å². The molecule has 0 saturated carbocycles. The van der Waals surface area contributed by atoms with Gasteiger partial charge in [-0.05, 0) is 24.9 Å². The van der Waals surface area contributed by atoms with E-state index in [9.17, 15) is 5.11 Å². The summed E-state index contributed by atoms with van der Waals surface area (Å²) in [4.78, 5) is 0. The number of fused-ring (bicyclic) bond motifs is 1. The predicted octanol–water partition coefficient (Wildman–Crippen LogP) is 0.839. The lowest BCUT2D eigenvalue weighted by atomic mass is 9.97. The molecule has 0 aromatic heterocycles. The minimum absolute atomic E-state index is 0.316. The van der Waals surface area contributed by atoms with Crippen LogP contribution < -0.4 is 11.5 Å². The van der Waals surface area contributed by atoms with E-state index in [1.165, 1.54) is 5.56 Å². The van der Waals surface area contributed by atoms with Gasteiger partial charge in [-0.1, -0.05) is 12.1 Å². The molecule has 0 radical (unpaired) electrons. The second-order valence-corrected chi connectivity index (χ2v) is 3.82. The highest BCUT2D eigenvalue weighted by atomic mass is 16.3. The van der Waals surface area contributed by atoms with Crippen LogP contribution in [0.5, 0.6) is 5.75 Å². The van der Waals surface area contributed by atoms with Crippen LogP contribution in [-0.4, -0.2) is 11.7 Å². The Labute approximate surface area is 83.7 Å². The monoisotopic (exact) mass is 192 g/mol. The van der Waals surface area contributed by atoms with Crippen molar-refractivity contribution in [3.8, 4) is 5.75 Å². The van der Waals surface area contributed by atoms with E-state index in [2.05, 4.69) is 6.07 Å². The van der Waals surface area contributed by atoms with E-state index in [0.717, 1.165) is 24.0 Å². The number of nitrogens with two attached hydrogens (primary N) is 2. The van der Waals surface area contributed by atoms with Gasteiger partial charge >= 0.3 is 0 Å². The lowest BCUT2D eigenvalue weighted by Crippen LogP contribution is -2.10. The highest BCUT2D eigenvalue weighted by molar-refractivity contribution is 5.50. The Morgan fingerprint density at radius 1 is 1.36 bits per heavy atom. The SMILES string of the molecule is NCc1ccc2c(c1O)C(CN)CC2. The number of rotatable bonds is 2. The molecule has 1 aliphatic rings. The van der Waals surface area contributed by atoms with Crippen molar-refractivity contribution in [2.24, 2.45) is 11.5 Å². The van der Waals surface area contributed by atoms with Crippen LogP contribution in [0.3, 0.4) is 0 Å². The average molecular weight is 192 g/mol. The molecule has 0 aliphatic heterocycles. The summed E-state index contributed by atoms with van der Waals surface area (Å²) in [5.74, 6) is 0.689. The number of hydrogen-bond donors (Lipinski definition) is 3. The van der Waals surface area contributed by atoms with Crippen LogP contribution in [0.25, 0.3) is 0 Å². The lowest BCUT2D eigenvalue weighted by Gasteiger charge is -2.12. The molecule has 3 heteroatoms. The summed E-state index contributed by atoms with van der Waals surface area (Å²) in [5.41, 5.74) is 14.3. The first kappa shape index (κ1) is 9.49. The van der Waals surface area contributed by atoms with E-state index in [0.29, 0.717) is 24.8 Å². The number of benzene rings is 1. The van der Waals surface area contributed by atoms with E-state index in [1.54, 1.807) is 0 Å². The fourth-order valence-electron chi connectivity index (χ4n) is 2.24. The molecule has 0 fully saturated rings. The molecule has 0 bridgehead atoms. The first-order chi connectivity index (χ1) is 6.77. The summed E-state index contributed by atoms with van der Waals surface area (Å²) in [6, 6.07) is 3.97. The Kier molecular flexibility index (Phi) is 2.44. The third kappa shape index (κ3) is 1.29. The topological polar surface area (TPSA) is 72.3 Å². The Bertz CT molecular complexity index is 349. The molecule has 1 atom stereocenters. The van der Waals surface area contributed by atoms with Crippen molar-refractivity contribution in [2.75, 3.05) is 6.54 Å². The Balaban J connectivity index is 2.50. The second-order valence-electron chi connectivity index (χ2n) is 3.82. The Morgan fingerprint density at radius 2 is 2.14 bits per heavy atom. The number of phenolic OH excluding ortho intramolecular Hbond substituents is 1. The quantitative estimate of drug-likeness (QED) is 0.650. The van der Waals surface area contributed by atoms with Crippen LogP contribution in [0.1, 0.15) is 29.0 Å². The molecule has 1 aromatic carbocycles. The van der Waals surface area contributed by atoms with Gasteiger partial charge in [0.15, 0.2) is 0 Å². The maximum atomic E-state index is 9.98. The zero-order valence-corrected chi connectivity index (χ0v) is 8.16. The van der Waals surface area contributed by atoms with E-state index in [-0.39, 0.29) is 0 Å². The minimum Gasteiger partial charge on any atom is -0.507 e. The van der Waals surface area contributed by atoms with Crippen LogP contribution in [0.15, 0.2) is 12.1 Å². The van der Waals surface area contributed by atoms with Crippen molar-refractivity contribution in [1.29, 1.82) is 0 Å². The zero-order valence-electron chi connectivity index (χ0n) is 8.16. The first-order valence-corrected chi connectivity index (χ1v) is 5.01. The third-order valence-electron chi connectivity index (χ3n) is 3.07. The summed E-state index contributed by atoms with van der Waals surface area (Å²) < 4.78 is 0. The smallest absolute Gasteiger partial charge is 0.123 e. The molecular formula is C11H16N2O. The van der Waals surface area contributed by atoms with Crippen molar-refractivity contribution in [3.63, 3.8) is 0 Å². The first-order valence-electron chi connectivity index (χ1n) is 5.01. The molecule has 1 unspecified atom stereocenters. The van der Waals surface area contributed by atoms with E-state index in [1.807, 2.05) is 6.07 Å². The molecule has 0 saturated heterocycles. The van der Waals surface area contributed by atoms with Crippen molar-refractivity contribution in [3.05, 3.63) is 28.8 Å². The van der Waals surface area contributed by atoms with Crippen molar-refractivity contribution < 1.29 is 5.11 Å². The molecule has 1 aromatic rings. The Hall–Kier alpha value is -1.06. The molecule has 5 N–H and O–H groups in total. The van der Waals surface area contributed by atoms with Gasteiger partial charge in [-0.15, -0.1) is 0 Å². The summed E-state index contributed by atoms with van der Waals surface area (Å²) in [7, 11) is 0. The minimum atomic E-state index is 0.316. The zero-order chi connectivity index (χ0) is 10.1. The number of hydrogen-bond acceptors (Lipinski definition) is 3. The van der Waals surface area contributed by atoms with Gasteiger partial charge in [0.1, 0.15) is 5.75 Å². The number of aromatic hydroxyl groups is 1. The molecule has 0 amide bonds. The lowest BCUT2D eigenvalue weighted by molar-refractivity contribution is 0.456. The van der Waals surface area contributed by atoms with Gasteiger partial charge in [0.05, 0.1) is 0 Å². The van der Waals surface area contributed by atoms with Crippen molar-refractivity contribution >= 4 is 0 Å². The van der Waals surface area contributed by atoms with Crippen LogP contribution in [0.4, 0.5) is 0 Å².